The van der Waals surface area contributed by atoms with Crippen LogP contribution >= 0.6 is 0 Å². The maximum atomic E-state index is 4.63. The van der Waals surface area contributed by atoms with E-state index in [-0.39, 0.29) is 0 Å². The van der Waals surface area contributed by atoms with Crippen molar-refractivity contribution >= 4 is 18.0 Å². The number of pyridine rings is 1. The molecule has 0 amide bonds. The molecule has 2 aromatic rings. The zero-order chi connectivity index (χ0) is 13.8. The lowest BCUT2D eigenvalue weighted by Crippen LogP contribution is -2.19. The molecule has 1 aliphatic rings. The van der Waals surface area contributed by atoms with E-state index in [1.54, 1.807) is 6.20 Å². The van der Waals surface area contributed by atoms with Crippen LogP contribution in [0.25, 0.3) is 12.2 Å². The Morgan fingerprint density at radius 2 is 1.95 bits per heavy atom. The summed E-state index contributed by atoms with van der Waals surface area (Å²) in [6, 6.07) is 7.91. The molecule has 0 aromatic carbocycles. The van der Waals surface area contributed by atoms with E-state index in [2.05, 4.69) is 25.9 Å². The molecule has 0 bridgehead atoms. The van der Waals surface area contributed by atoms with Gasteiger partial charge in [-0.2, -0.15) is 0 Å². The quantitative estimate of drug-likeness (QED) is 0.856. The third-order valence-corrected chi connectivity index (χ3v) is 3.38. The van der Waals surface area contributed by atoms with Gasteiger partial charge in [-0.05, 0) is 44.1 Å². The summed E-state index contributed by atoms with van der Waals surface area (Å²) in [7, 11) is 0. The minimum absolute atomic E-state index is 0.748. The van der Waals surface area contributed by atoms with Gasteiger partial charge < -0.3 is 4.90 Å². The number of hydrogen-bond donors (Lipinski definition) is 0. The van der Waals surface area contributed by atoms with Crippen LogP contribution in [0.5, 0.6) is 0 Å². The van der Waals surface area contributed by atoms with Gasteiger partial charge in [0.25, 0.3) is 0 Å². The number of nitrogens with zero attached hydrogens (tertiary/aromatic N) is 4. The fraction of sp³-hybridized carbons (Fsp3) is 0.312. The molecule has 20 heavy (non-hydrogen) atoms. The number of anilines is 1. The molecule has 4 nitrogen and oxygen atoms in total. The maximum absolute atomic E-state index is 4.63. The molecular formula is C16H18N4. The van der Waals surface area contributed by atoms with Crippen LogP contribution in [0.2, 0.25) is 0 Å². The van der Waals surface area contributed by atoms with E-state index < -0.39 is 0 Å². The van der Waals surface area contributed by atoms with Gasteiger partial charge in [0.1, 0.15) is 5.82 Å². The first-order valence-corrected chi connectivity index (χ1v) is 7.01. The van der Waals surface area contributed by atoms with Gasteiger partial charge in [-0.1, -0.05) is 6.07 Å². The highest BCUT2D eigenvalue weighted by Crippen LogP contribution is 2.19. The second kappa shape index (κ2) is 5.82. The summed E-state index contributed by atoms with van der Waals surface area (Å²) < 4.78 is 0. The van der Waals surface area contributed by atoms with Gasteiger partial charge in [0.15, 0.2) is 5.82 Å². The van der Waals surface area contributed by atoms with Crippen molar-refractivity contribution in [2.45, 2.75) is 19.8 Å². The first kappa shape index (κ1) is 12.8. The predicted molar refractivity (Wildman–Crippen MR) is 81.4 cm³/mol. The average molecular weight is 266 g/mol. The lowest BCUT2D eigenvalue weighted by atomic mass is 10.3. The Kier molecular flexibility index (Phi) is 3.72. The first-order chi connectivity index (χ1) is 9.81. The van der Waals surface area contributed by atoms with E-state index in [1.165, 1.54) is 12.8 Å². The molecule has 1 fully saturated rings. The summed E-state index contributed by atoms with van der Waals surface area (Å²) in [4.78, 5) is 15.7. The summed E-state index contributed by atoms with van der Waals surface area (Å²) in [6.45, 7) is 4.21. The van der Waals surface area contributed by atoms with Crippen LogP contribution in [-0.4, -0.2) is 28.0 Å². The van der Waals surface area contributed by atoms with E-state index in [9.17, 15) is 0 Å². The summed E-state index contributed by atoms with van der Waals surface area (Å²) >= 11 is 0. The Labute approximate surface area is 119 Å². The predicted octanol–water partition coefficient (Wildman–Crippen LogP) is 2.95. The second-order valence-corrected chi connectivity index (χ2v) is 5.01. The molecule has 0 aliphatic carbocycles. The van der Waals surface area contributed by atoms with Gasteiger partial charge in [0.05, 0.1) is 5.69 Å². The molecule has 0 atom stereocenters. The third-order valence-electron chi connectivity index (χ3n) is 3.38. The van der Waals surface area contributed by atoms with E-state index in [0.29, 0.717) is 0 Å². The second-order valence-electron chi connectivity index (χ2n) is 5.01. The Morgan fingerprint density at radius 3 is 2.70 bits per heavy atom. The average Bonchev–Trinajstić information content (AvgIpc) is 3.00. The van der Waals surface area contributed by atoms with E-state index in [4.69, 9.17) is 0 Å². The molecule has 4 heteroatoms. The Hall–Kier alpha value is -2.23. The summed E-state index contributed by atoms with van der Waals surface area (Å²) in [6.07, 6.45) is 8.16. The number of hydrogen-bond acceptors (Lipinski definition) is 4. The third kappa shape index (κ3) is 3.02. The van der Waals surface area contributed by atoms with Crippen LogP contribution in [0, 0.1) is 6.92 Å². The fourth-order valence-electron chi connectivity index (χ4n) is 2.39. The van der Waals surface area contributed by atoms with Crippen LogP contribution in [-0.2, 0) is 0 Å². The van der Waals surface area contributed by atoms with E-state index >= 15 is 0 Å². The molecule has 3 heterocycles. The maximum Gasteiger partial charge on any atom is 0.154 e. The zero-order valence-electron chi connectivity index (χ0n) is 11.7. The van der Waals surface area contributed by atoms with Crippen LogP contribution in [0.15, 0.2) is 30.5 Å². The van der Waals surface area contributed by atoms with Crippen LogP contribution in [0.4, 0.5) is 5.82 Å². The summed E-state index contributed by atoms with van der Waals surface area (Å²) in [5, 5.41) is 0. The van der Waals surface area contributed by atoms with Crippen molar-refractivity contribution in [1.29, 1.82) is 0 Å². The molecule has 3 rings (SSSR count). The Bertz CT molecular complexity index is 601. The standard InChI is InChI=1S/C16H18N4/c1-13-12-16(20-10-4-5-11-20)19-15(18-13)8-7-14-6-2-3-9-17-14/h2-3,6-9,12H,4-5,10-11H2,1H3/b8-7+. The zero-order valence-corrected chi connectivity index (χ0v) is 11.7. The lowest BCUT2D eigenvalue weighted by molar-refractivity contribution is 0.915. The van der Waals surface area contributed by atoms with Gasteiger partial charge in [-0.15, -0.1) is 0 Å². The van der Waals surface area contributed by atoms with E-state index in [1.807, 2.05) is 37.3 Å². The molecule has 0 N–H and O–H groups in total. The molecule has 0 spiro atoms. The summed E-state index contributed by atoms with van der Waals surface area (Å²) in [5.74, 6) is 1.79. The Morgan fingerprint density at radius 1 is 1.10 bits per heavy atom. The molecule has 1 saturated heterocycles. The number of aromatic nitrogens is 3. The van der Waals surface area contributed by atoms with Crippen molar-refractivity contribution in [2.24, 2.45) is 0 Å². The van der Waals surface area contributed by atoms with Gasteiger partial charge in [0.2, 0.25) is 0 Å². The smallest absolute Gasteiger partial charge is 0.154 e. The minimum atomic E-state index is 0.748. The van der Waals surface area contributed by atoms with Crippen molar-refractivity contribution in [1.82, 2.24) is 15.0 Å². The highest BCUT2D eigenvalue weighted by molar-refractivity contribution is 5.65. The van der Waals surface area contributed by atoms with Crippen molar-refractivity contribution in [3.63, 3.8) is 0 Å². The van der Waals surface area contributed by atoms with Crippen LogP contribution in [0.1, 0.15) is 30.1 Å². The van der Waals surface area contributed by atoms with E-state index in [0.717, 1.165) is 36.1 Å². The SMILES string of the molecule is Cc1cc(N2CCCC2)nc(/C=C/c2ccccn2)n1. The van der Waals surface area contributed by atoms with Crippen molar-refractivity contribution in [3.8, 4) is 0 Å². The fourth-order valence-corrected chi connectivity index (χ4v) is 2.39. The summed E-state index contributed by atoms with van der Waals surface area (Å²) in [5.41, 5.74) is 1.92. The topological polar surface area (TPSA) is 41.9 Å². The molecular weight excluding hydrogens is 248 g/mol. The normalized spacial score (nSPS) is 15.2. The number of aryl methyl sites for hydroxylation is 1. The lowest BCUT2D eigenvalue weighted by Gasteiger charge is -2.16. The Balaban J connectivity index is 1.84. The van der Waals surface area contributed by atoms with Crippen LogP contribution in [0.3, 0.4) is 0 Å². The molecule has 2 aromatic heterocycles. The monoisotopic (exact) mass is 266 g/mol. The van der Waals surface area contributed by atoms with Gasteiger partial charge in [-0.25, -0.2) is 9.97 Å². The van der Waals surface area contributed by atoms with Crippen LogP contribution < -0.4 is 4.90 Å². The van der Waals surface area contributed by atoms with Crippen molar-refractivity contribution < 1.29 is 0 Å². The molecule has 102 valence electrons. The van der Waals surface area contributed by atoms with Gasteiger partial charge in [0, 0.05) is 31.0 Å². The largest absolute Gasteiger partial charge is 0.356 e. The highest BCUT2D eigenvalue weighted by Gasteiger charge is 2.14. The molecule has 0 saturated carbocycles. The molecule has 0 unspecified atom stereocenters. The highest BCUT2D eigenvalue weighted by atomic mass is 15.2. The van der Waals surface area contributed by atoms with Crippen molar-refractivity contribution in [2.75, 3.05) is 18.0 Å². The van der Waals surface area contributed by atoms with Gasteiger partial charge in [-0.3, -0.25) is 4.98 Å². The van der Waals surface area contributed by atoms with Gasteiger partial charge >= 0.3 is 0 Å². The molecule has 0 radical (unpaired) electrons. The number of rotatable bonds is 3. The minimum Gasteiger partial charge on any atom is -0.356 e. The first-order valence-electron chi connectivity index (χ1n) is 7.01. The van der Waals surface area contributed by atoms with Crippen molar-refractivity contribution in [3.05, 3.63) is 47.7 Å². The molecule has 1 aliphatic heterocycles.